The molecule has 0 aliphatic rings. The maximum atomic E-state index is 12.9. The van der Waals surface area contributed by atoms with E-state index in [9.17, 15) is 14.3 Å². The van der Waals surface area contributed by atoms with Gasteiger partial charge in [0.15, 0.2) is 6.04 Å². The molecule has 2 rings (SSSR count). The van der Waals surface area contributed by atoms with E-state index in [1.54, 1.807) is 31.2 Å². The molecule has 1 atom stereocenters. The first-order valence-electron chi connectivity index (χ1n) is 6.58. The smallest absolute Gasteiger partial charge is 0.333 e. The van der Waals surface area contributed by atoms with Crippen molar-refractivity contribution in [2.45, 2.75) is 13.0 Å². The Morgan fingerprint density at radius 1 is 1.19 bits per heavy atom. The fraction of sp³-hybridized carbons (Fsp3) is 0.188. The third kappa shape index (κ3) is 3.95. The molecule has 0 radical (unpaired) electrons. The lowest BCUT2D eigenvalue weighted by atomic mass is 10.1. The Hall–Kier alpha value is -2.56. The lowest BCUT2D eigenvalue weighted by Gasteiger charge is -2.19. The first-order chi connectivity index (χ1) is 10.1. The van der Waals surface area contributed by atoms with Gasteiger partial charge in [0.25, 0.3) is 0 Å². The SMILES string of the molecule is CCOC(=O)C(Nc1ccc(F)cc1)c1ccc(O)cc1. The molecule has 0 saturated heterocycles. The number of esters is 1. The van der Waals surface area contributed by atoms with Crippen LogP contribution < -0.4 is 5.32 Å². The van der Waals surface area contributed by atoms with Gasteiger partial charge in [-0.3, -0.25) is 0 Å². The van der Waals surface area contributed by atoms with E-state index in [2.05, 4.69) is 5.32 Å². The summed E-state index contributed by atoms with van der Waals surface area (Å²) in [5.74, 6) is -0.673. The quantitative estimate of drug-likeness (QED) is 0.830. The number of ether oxygens (including phenoxy) is 1. The van der Waals surface area contributed by atoms with Gasteiger partial charge in [-0.1, -0.05) is 12.1 Å². The number of phenols is 1. The minimum absolute atomic E-state index is 0.114. The van der Waals surface area contributed by atoms with Crippen LogP contribution in [0.5, 0.6) is 5.75 Å². The van der Waals surface area contributed by atoms with Crippen LogP contribution in [0, 0.1) is 5.82 Å². The lowest BCUT2D eigenvalue weighted by molar-refractivity contribution is -0.144. The molecule has 1 unspecified atom stereocenters. The van der Waals surface area contributed by atoms with Crippen LogP contribution in [0.4, 0.5) is 10.1 Å². The summed E-state index contributed by atoms with van der Waals surface area (Å²) < 4.78 is 18.0. The van der Waals surface area contributed by atoms with E-state index < -0.39 is 12.0 Å². The van der Waals surface area contributed by atoms with Crippen molar-refractivity contribution in [3.63, 3.8) is 0 Å². The van der Waals surface area contributed by atoms with Crippen molar-refractivity contribution < 1.29 is 19.0 Å². The molecule has 0 bridgehead atoms. The summed E-state index contributed by atoms with van der Waals surface area (Å²) >= 11 is 0. The third-order valence-electron chi connectivity index (χ3n) is 2.90. The van der Waals surface area contributed by atoms with Gasteiger partial charge in [-0.25, -0.2) is 9.18 Å². The summed E-state index contributed by atoms with van der Waals surface area (Å²) in [5, 5.41) is 12.3. The second kappa shape index (κ2) is 6.74. The van der Waals surface area contributed by atoms with E-state index in [1.165, 1.54) is 24.3 Å². The van der Waals surface area contributed by atoms with Gasteiger partial charge in [-0.2, -0.15) is 0 Å². The molecular formula is C16H16FNO3. The van der Waals surface area contributed by atoms with Crippen molar-refractivity contribution in [3.8, 4) is 5.75 Å². The predicted molar refractivity (Wildman–Crippen MR) is 77.5 cm³/mol. The van der Waals surface area contributed by atoms with Gasteiger partial charge in [0.2, 0.25) is 0 Å². The second-order valence-electron chi connectivity index (χ2n) is 4.43. The van der Waals surface area contributed by atoms with E-state index in [0.29, 0.717) is 11.3 Å². The Balaban J connectivity index is 2.25. The van der Waals surface area contributed by atoms with Crippen molar-refractivity contribution in [3.05, 3.63) is 59.9 Å². The van der Waals surface area contributed by atoms with Gasteiger partial charge in [0.1, 0.15) is 11.6 Å². The average molecular weight is 289 g/mol. The zero-order valence-electron chi connectivity index (χ0n) is 11.5. The normalized spacial score (nSPS) is 11.7. The molecule has 0 heterocycles. The predicted octanol–water partition coefficient (Wildman–Crippen LogP) is 3.25. The molecule has 2 aromatic rings. The Labute approximate surface area is 122 Å². The third-order valence-corrected chi connectivity index (χ3v) is 2.90. The highest BCUT2D eigenvalue weighted by Gasteiger charge is 2.21. The largest absolute Gasteiger partial charge is 0.508 e. The summed E-state index contributed by atoms with van der Waals surface area (Å²) in [7, 11) is 0. The molecule has 0 amide bonds. The molecule has 4 nitrogen and oxygen atoms in total. The molecule has 0 fully saturated rings. The van der Waals surface area contributed by atoms with Crippen LogP contribution >= 0.6 is 0 Å². The van der Waals surface area contributed by atoms with Gasteiger partial charge in [0.05, 0.1) is 6.61 Å². The number of hydrogen-bond donors (Lipinski definition) is 2. The maximum Gasteiger partial charge on any atom is 0.333 e. The van der Waals surface area contributed by atoms with Gasteiger partial charge >= 0.3 is 5.97 Å². The average Bonchev–Trinajstić information content (AvgIpc) is 2.48. The van der Waals surface area contributed by atoms with Crippen LogP contribution in [-0.2, 0) is 9.53 Å². The number of phenolic OH excluding ortho intramolecular Hbond substituents is 1. The van der Waals surface area contributed by atoms with E-state index in [1.807, 2.05) is 0 Å². The van der Waals surface area contributed by atoms with Crippen molar-refractivity contribution in [1.82, 2.24) is 0 Å². The first-order valence-corrected chi connectivity index (χ1v) is 6.58. The van der Waals surface area contributed by atoms with Gasteiger partial charge in [-0.15, -0.1) is 0 Å². The van der Waals surface area contributed by atoms with Crippen LogP contribution in [-0.4, -0.2) is 17.7 Å². The van der Waals surface area contributed by atoms with E-state index in [0.717, 1.165) is 0 Å². The zero-order valence-corrected chi connectivity index (χ0v) is 11.5. The molecule has 2 N–H and O–H groups in total. The second-order valence-corrected chi connectivity index (χ2v) is 4.43. The van der Waals surface area contributed by atoms with Crippen LogP contribution in [0.1, 0.15) is 18.5 Å². The summed E-state index contributed by atoms with van der Waals surface area (Å²) in [6, 6.07) is 11.2. The van der Waals surface area contributed by atoms with Gasteiger partial charge < -0.3 is 15.2 Å². The minimum Gasteiger partial charge on any atom is -0.508 e. The van der Waals surface area contributed by atoms with Crippen molar-refractivity contribution in [2.75, 3.05) is 11.9 Å². The van der Waals surface area contributed by atoms with E-state index in [4.69, 9.17) is 4.74 Å². The van der Waals surface area contributed by atoms with E-state index >= 15 is 0 Å². The van der Waals surface area contributed by atoms with Crippen molar-refractivity contribution >= 4 is 11.7 Å². The summed E-state index contributed by atoms with van der Waals surface area (Å²) in [5.41, 5.74) is 1.25. The highest BCUT2D eigenvalue weighted by Crippen LogP contribution is 2.23. The fourth-order valence-electron chi connectivity index (χ4n) is 1.88. The van der Waals surface area contributed by atoms with Crippen LogP contribution in [0.3, 0.4) is 0 Å². The van der Waals surface area contributed by atoms with Crippen molar-refractivity contribution in [1.29, 1.82) is 0 Å². The molecule has 0 saturated carbocycles. The number of benzene rings is 2. The zero-order chi connectivity index (χ0) is 15.2. The van der Waals surface area contributed by atoms with Crippen LogP contribution in [0.2, 0.25) is 0 Å². The number of carbonyl (C=O) groups excluding carboxylic acids is 1. The van der Waals surface area contributed by atoms with Gasteiger partial charge in [0, 0.05) is 5.69 Å². The summed E-state index contributed by atoms with van der Waals surface area (Å²) in [4.78, 5) is 12.1. The summed E-state index contributed by atoms with van der Waals surface area (Å²) in [6.45, 7) is 1.99. The molecule has 5 heteroatoms. The first kappa shape index (κ1) is 14.8. The number of hydrogen-bond acceptors (Lipinski definition) is 4. The molecule has 0 aromatic heterocycles. The Bertz CT molecular complexity index is 596. The molecule has 110 valence electrons. The van der Waals surface area contributed by atoms with Crippen molar-refractivity contribution in [2.24, 2.45) is 0 Å². The number of carbonyl (C=O) groups is 1. The highest BCUT2D eigenvalue weighted by molar-refractivity contribution is 5.81. The lowest BCUT2D eigenvalue weighted by Crippen LogP contribution is -2.23. The number of halogens is 1. The Kier molecular flexibility index (Phi) is 4.77. The molecule has 0 aliphatic carbocycles. The Morgan fingerprint density at radius 3 is 2.38 bits per heavy atom. The Morgan fingerprint density at radius 2 is 1.81 bits per heavy atom. The molecule has 0 spiro atoms. The van der Waals surface area contributed by atoms with Crippen LogP contribution in [0.15, 0.2) is 48.5 Å². The topological polar surface area (TPSA) is 58.6 Å². The molecule has 21 heavy (non-hydrogen) atoms. The van der Waals surface area contributed by atoms with E-state index in [-0.39, 0.29) is 18.2 Å². The highest BCUT2D eigenvalue weighted by atomic mass is 19.1. The van der Waals surface area contributed by atoms with Crippen LogP contribution in [0.25, 0.3) is 0 Å². The molecule has 0 aliphatic heterocycles. The standard InChI is InChI=1S/C16H16FNO3/c1-2-21-16(20)15(11-3-9-14(19)10-4-11)18-13-7-5-12(17)6-8-13/h3-10,15,18-19H,2H2,1H3. The summed E-state index contributed by atoms with van der Waals surface area (Å²) in [6.07, 6.45) is 0. The monoisotopic (exact) mass is 289 g/mol. The molecular weight excluding hydrogens is 273 g/mol. The number of nitrogens with one attached hydrogen (secondary N) is 1. The van der Waals surface area contributed by atoms with Gasteiger partial charge in [-0.05, 0) is 48.9 Å². The molecule has 2 aromatic carbocycles. The fourth-order valence-corrected chi connectivity index (χ4v) is 1.88. The number of anilines is 1. The number of aromatic hydroxyl groups is 1. The number of rotatable bonds is 5. The minimum atomic E-state index is -0.726. The maximum absolute atomic E-state index is 12.9.